The average Bonchev–Trinajstić information content (AvgIpc) is 3.06. The van der Waals surface area contributed by atoms with Gasteiger partial charge in [0.25, 0.3) is 0 Å². The smallest absolute Gasteiger partial charge is 0.105 e. The quantitative estimate of drug-likeness (QED) is 0.902. The molecule has 100 valence electrons. The molecule has 1 aliphatic rings. The van der Waals surface area contributed by atoms with Crippen LogP contribution in [0.25, 0.3) is 0 Å². The first-order valence-corrected chi connectivity index (χ1v) is 7.75. The van der Waals surface area contributed by atoms with Gasteiger partial charge in [-0.25, -0.2) is 0 Å². The molecule has 2 atom stereocenters. The number of nitrogens with one attached hydrogen (secondary N) is 1. The molecule has 0 radical (unpaired) electrons. The van der Waals surface area contributed by atoms with Gasteiger partial charge in [-0.05, 0) is 36.7 Å². The van der Waals surface area contributed by atoms with Crippen molar-refractivity contribution < 1.29 is 4.42 Å². The summed E-state index contributed by atoms with van der Waals surface area (Å²) in [5, 5.41) is 4.22. The fourth-order valence-electron chi connectivity index (χ4n) is 2.68. The van der Waals surface area contributed by atoms with Crippen molar-refractivity contribution in [2.75, 3.05) is 6.54 Å². The van der Waals surface area contributed by atoms with Crippen LogP contribution in [0, 0.1) is 0 Å². The molecule has 3 rings (SSSR count). The Hall–Kier alpha value is -1.19. The maximum atomic E-state index is 5.50. The molecule has 3 heteroatoms. The van der Waals surface area contributed by atoms with E-state index in [4.69, 9.17) is 4.42 Å². The molecular formula is C16H19NOS. The van der Waals surface area contributed by atoms with Crippen molar-refractivity contribution in [3.05, 3.63) is 54.0 Å². The van der Waals surface area contributed by atoms with Crippen molar-refractivity contribution in [3.63, 3.8) is 0 Å². The van der Waals surface area contributed by atoms with Gasteiger partial charge in [0.2, 0.25) is 0 Å². The van der Waals surface area contributed by atoms with Crippen LogP contribution in [0.4, 0.5) is 0 Å². The molecule has 2 nitrogen and oxygen atoms in total. The van der Waals surface area contributed by atoms with E-state index in [-0.39, 0.29) is 0 Å². The zero-order chi connectivity index (χ0) is 13.1. The predicted molar refractivity (Wildman–Crippen MR) is 79.7 cm³/mol. The molecule has 2 heterocycles. The van der Waals surface area contributed by atoms with Gasteiger partial charge in [0.15, 0.2) is 0 Å². The molecule has 2 unspecified atom stereocenters. The van der Waals surface area contributed by atoms with Crippen molar-refractivity contribution in [3.8, 4) is 0 Å². The lowest BCUT2D eigenvalue weighted by Crippen LogP contribution is -2.39. The van der Waals surface area contributed by atoms with Gasteiger partial charge in [-0.2, -0.15) is 0 Å². The van der Waals surface area contributed by atoms with E-state index in [0.717, 1.165) is 25.1 Å². The minimum atomic E-state index is 0.466. The Morgan fingerprint density at radius 1 is 1.32 bits per heavy atom. The summed E-state index contributed by atoms with van der Waals surface area (Å²) in [6.07, 6.45) is 3.88. The summed E-state index contributed by atoms with van der Waals surface area (Å²) < 4.78 is 5.50. The van der Waals surface area contributed by atoms with Crippen molar-refractivity contribution in [1.29, 1.82) is 0 Å². The highest BCUT2D eigenvalue weighted by molar-refractivity contribution is 8.00. The fourth-order valence-corrected chi connectivity index (χ4v) is 4.08. The van der Waals surface area contributed by atoms with Crippen LogP contribution in [0.5, 0.6) is 0 Å². The molecule has 0 saturated heterocycles. The van der Waals surface area contributed by atoms with Crippen molar-refractivity contribution in [2.24, 2.45) is 0 Å². The largest absolute Gasteiger partial charge is 0.469 e. The van der Waals surface area contributed by atoms with Gasteiger partial charge >= 0.3 is 0 Å². The lowest BCUT2D eigenvalue weighted by molar-refractivity contribution is 0.438. The number of thioether (sulfide) groups is 1. The standard InChI is InChI=1S/C16H19NOS/c1-2-17-14(11-13-7-5-9-18-13)16-10-12-6-3-4-8-15(12)19-16/h3-9,14,16-17H,2,10-11H2,1H3. The first kappa shape index (κ1) is 12.8. The highest BCUT2D eigenvalue weighted by atomic mass is 32.2. The molecule has 0 fully saturated rings. The summed E-state index contributed by atoms with van der Waals surface area (Å²) in [6, 6.07) is 13.2. The van der Waals surface area contributed by atoms with Gasteiger partial charge in [0.1, 0.15) is 5.76 Å². The summed E-state index contributed by atoms with van der Waals surface area (Å²) >= 11 is 2.00. The number of furan rings is 1. The zero-order valence-electron chi connectivity index (χ0n) is 11.1. The SMILES string of the molecule is CCNC(Cc1ccco1)C1Cc2ccccc2S1. The number of rotatable bonds is 5. The Balaban J connectivity index is 1.72. The van der Waals surface area contributed by atoms with E-state index in [1.165, 1.54) is 10.5 Å². The third-order valence-corrected chi connectivity index (χ3v) is 5.04. The summed E-state index contributed by atoms with van der Waals surface area (Å²) in [6.45, 7) is 3.17. The Morgan fingerprint density at radius 2 is 2.21 bits per heavy atom. The first-order valence-electron chi connectivity index (χ1n) is 6.87. The Bertz CT molecular complexity index is 498. The van der Waals surface area contributed by atoms with Crippen molar-refractivity contribution >= 4 is 11.8 Å². The summed E-state index contributed by atoms with van der Waals surface area (Å²) in [7, 11) is 0. The van der Waals surface area contributed by atoms with Crippen LogP contribution >= 0.6 is 11.8 Å². The lowest BCUT2D eigenvalue weighted by atomic mass is 10.0. The molecule has 1 aromatic heterocycles. The van der Waals surface area contributed by atoms with Gasteiger partial charge in [0, 0.05) is 22.6 Å². The van der Waals surface area contributed by atoms with Crippen molar-refractivity contribution in [2.45, 2.75) is 36.0 Å². The molecule has 0 amide bonds. The van der Waals surface area contributed by atoms with E-state index in [1.807, 2.05) is 17.8 Å². The summed E-state index contributed by atoms with van der Waals surface area (Å²) in [5.41, 5.74) is 1.49. The maximum Gasteiger partial charge on any atom is 0.105 e. The van der Waals surface area contributed by atoms with Crippen LogP contribution in [0.15, 0.2) is 52.0 Å². The fraction of sp³-hybridized carbons (Fsp3) is 0.375. The molecule has 0 saturated carbocycles. The number of likely N-dealkylation sites (N-methyl/N-ethyl adjacent to an activating group) is 1. The van der Waals surface area contributed by atoms with E-state index >= 15 is 0 Å². The number of hydrogen-bond donors (Lipinski definition) is 1. The molecular weight excluding hydrogens is 254 g/mol. The van der Waals surface area contributed by atoms with E-state index in [9.17, 15) is 0 Å². The molecule has 1 N–H and O–H groups in total. The van der Waals surface area contributed by atoms with Gasteiger partial charge in [-0.3, -0.25) is 0 Å². The molecule has 19 heavy (non-hydrogen) atoms. The van der Waals surface area contributed by atoms with Gasteiger partial charge < -0.3 is 9.73 Å². The van der Waals surface area contributed by atoms with Gasteiger partial charge in [-0.15, -0.1) is 11.8 Å². The lowest BCUT2D eigenvalue weighted by Gasteiger charge is -2.22. The first-order chi connectivity index (χ1) is 9.36. The topological polar surface area (TPSA) is 25.2 Å². The minimum Gasteiger partial charge on any atom is -0.469 e. The van der Waals surface area contributed by atoms with Crippen LogP contribution < -0.4 is 5.32 Å². The summed E-state index contributed by atoms with van der Waals surface area (Å²) in [5.74, 6) is 1.07. The molecule has 1 aliphatic heterocycles. The van der Waals surface area contributed by atoms with E-state index in [0.29, 0.717) is 11.3 Å². The number of fused-ring (bicyclic) bond motifs is 1. The van der Waals surface area contributed by atoms with Crippen molar-refractivity contribution in [1.82, 2.24) is 5.32 Å². The van der Waals surface area contributed by atoms with Gasteiger partial charge in [-0.1, -0.05) is 25.1 Å². The Morgan fingerprint density at radius 3 is 2.95 bits per heavy atom. The maximum absolute atomic E-state index is 5.50. The van der Waals surface area contributed by atoms with Crippen LogP contribution in [-0.2, 0) is 12.8 Å². The molecule has 2 aromatic rings. The van der Waals surface area contributed by atoms with Crippen LogP contribution in [0.2, 0.25) is 0 Å². The molecule has 1 aromatic carbocycles. The monoisotopic (exact) mass is 273 g/mol. The second kappa shape index (κ2) is 5.85. The molecule has 0 aliphatic carbocycles. The third-order valence-electron chi connectivity index (χ3n) is 3.59. The van der Waals surface area contributed by atoms with E-state index in [2.05, 4.69) is 42.6 Å². The van der Waals surface area contributed by atoms with E-state index < -0.39 is 0 Å². The van der Waals surface area contributed by atoms with Crippen LogP contribution in [0.3, 0.4) is 0 Å². The number of hydrogen-bond acceptors (Lipinski definition) is 3. The van der Waals surface area contributed by atoms with Crippen LogP contribution in [0.1, 0.15) is 18.2 Å². The predicted octanol–water partition coefficient (Wildman–Crippen LogP) is 3.52. The zero-order valence-corrected chi connectivity index (χ0v) is 12.0. The Labute approximate surface area is 118 Å². The summed E-state index contributed by atoms with van der Waals surface area (Å²) in [4.78, 5) is 1.44. The minimum absolute atomic E-state index is 0.466. The number of benzene rings is 1. The third kappa shape index (κ3) is 2.88. The molecule has 0 bridgehead atoms. The normalized spacial score (nSPS) is 19.3. The Kier molecular flexibility index (Phi) is 3.95. The second-order valence-corrected chi connectivity index (χ2v) is 6.20. The van der Waals surface area contributed by atoms with Crippen LogP contribution in [-0.4, -0.2) is 17.8 Å². The average molecular weight is 273 g/mol. The highest BCUT2D eigenvalue weighted by Crippen LogP contribution is 2.38. The van der Waals surface area contributed by atoms with Gasteiger partial charge in [0.05, 0.1) is 6.26 Å². The second-order valence-electron chi connectivity index (χ2n) is 4.92. The van der Waals surface area contributed by atoms with E-state index in [1.54, 1.807) is 6.26 Å². The highest BCUT2D eigenvalue weighted by Gasteiger charge is 2.29. The molecule has 0 spiro atoms.